The van der Waals surface area contributed by atoms with Gasteiger partial charge in [-0.25, -0.2) is 0 Å². The molecule has 5 nitrogen and oxygen atoms in total. The maximum absolute atomic E-state index is 13.5. The zero-order valence-electron chi connectivity index (χ0n) is 17.6. The van der Waals surface area contributed by atoms with Gasteiger partial charge in [0.15, 0.2) is 0 Å². The predicted molar refractivity (Wildman–Crippen MR) is 126 cm³/mol. The van der Waals surface area contributed by atoms with E-state index in [0.717, 1.165) is 11.1 Å². The van der Waals surface area contributed by atoms with Gasteiger partial charge in [0.1, 0.15) is 0 Å². The number of anilines is 1. The third-order valence-corrected chi connectivity index (χ3v) is 5.86. The molecule has 0 aromatic heterocycles. The second-order valence-electron chi connectivity index (χ2n) is 7.71. The molecule has 32 heavy (non-hydrogen) atoms. The highest BCUT2D eigenvalue weighted by Gasteiger charge is 2.35. The third kappa shape index (κ3) is 4.14. The van der Waals surface area contributed by atoms with Crippen LogP contribution in [0.1, 0.15) is 42.2 Å². The minimum atomic E-state index is -0.357. The van der Waals surface area contributed by atoms with E-state index in [1.807, 2.05) is 32.0 Å². The number of hydrogen-bond acceptors (Lipinski definition) is 3. The van der Waals surface area contributed by atoms with Crippen LogP contribution in [-0.4, -0.2) is 35.7 Å². The molecule has 0 bridgehead atoms. The van der Waals surface area contributed by atoms with E-state index in [1.54, 1.807) is 47.4 Å². The average Bonchev–Trinajstić information content (AvgIpc) is 2.99. The molecule has 162 valence electrons. The molecule has 0 aliphatic carbocycles. The molecule has 3 amide bonds. The van der Waals surface area contributed by atoms with E-state index in [1.165, 1.54) is 4.90 Å². The first-order chi connectivity index (χ1) is 15.3. The lowest BCUT2D eigenvalue weighted by Gasteiger charge is -2.27. The molecule has 0 atom stereocenters. The van der Waals surface area contributed by atoms with Gasteiger partial charge in [-0.05, 0) is 55.8 Å². The van der Waals surface area contributed by atoms with Crippen LogP contribution in [0.15, 0.2) is 60.7 Å². The van der Waals surface area contributed by atoms with E-state index in [9.17, 15) is 14.4 Å². The van der Waals surface area contributed by atoms with Crippen molar-refractivity contribution >= 4 is 46.6 Å². The van der Waals surface area contributed by atoms with Crippen molar-refractivity contribution in [3.05, 3.63) is 98.5 Å². The number of aryl methyl sites for hydroxylation is 2. The van der Waals surface area contributed by atoms with Gasteiger partial charge in [-0.3, -0.25) is 19.3 Å². The molecule has 0 N–H and O–H groups in total. The number of amides is 3. The first-order valence-electron chi connectivity index (χ1n) is 10.1. The Kier molecular flexibility index (Phi) is 6.04. The number of hydrogen-bond donors (Lipinski definition) is 0. The van der Waals surface area contributed by atoms with Crippen LogP contribution in [0.3, 0.4) is 0 Å². The quantitative estimate of drug-likeness (QED) is 0.462. The van der Waals surface area contributed by atoms with Crippen molar-refractivity contribution in [2.75, 3.05) is 18.0 Å². The lowest BCUT2D eigenvalue weighted by atomic mass is 10.1. The van der Waals surface area contributed by atoms with Gasteiger partial charge in [-0.15, -0.1) is 0 Å². The number of carbonyl (C=O) groups excluding carboxylic acids is 3. The maximum Gasteiger partial charge on any atom is 0.261 e. The highest BCUT2D eigenvalue weighted by Crippen LogP contribution is 2.27. The largest absolute Gasteiger partial charge is 0.306 e. The Balaban J connectivity index is 1.67. The molecule has 0 unspecified atom stereocenters. The van der Waals surface area contributed by atoms with Crippen LogP contribution >= 0.6 is 23.2 Å². The van der Waals surface area contributed by atoms with E-state index in [-0.39, 0.29) is 30.8 Å². The van der Waals surface area contributed by atoms with Crippen molar-refractivity contribution in [2.24, 2.45) is 0 Å². The van der Waals surface area contributed by atoms with Gasteiger partial charge in [-0.2, -0.15) is 0 Å². The summed E-state index contributed by atoms with van der Waals surface area (Å²) in [7, 11) is 0. The number of rotatable bonds is 5. The summed E-state index contributed by atoms with van der Waals surface area (Å²) in [6, 6.07) is 17.1. The highest BCUT2D eigenvalue weighted by molar-refractivity contribution is 6.35. The monoisotopic (exact) mass is 466 g/mol. The molecule has 3 aromatic carbocycles. The summed E-state index contributed by atoms with van der Waals surface area (Å²) in [5.74, 6) is -1.04. The average molecular weight is 467 g/mol. The van der Waals surface area contributed by atoms with E-state index in [0.29, 0.717) is 32.4 Å². The van der Waals surface area contributed by atoms with Crippen LogP contribution in [0.5, 0.6) is 0 Å². The minimum Gasteiger partial charge on any atom is -0.306 e. The molecule has 0 saturated carbocycles. The molecule has 0 radical (unpaired) electrons. The molecular formula is C25H20Cl2N2O3. The van der Waals surface area contributed by atoms with Gasteiger partial charge in [0.25, 0.3) is 17.7 Å². The Bertz CT molecular complexity index is 1200. The second kappa shape index (κ2) is 8.77. The van der Waals surface area contributed by atoms with Gasteiger partial charge in [0, 0.05) is 34.4 Å². The Morgan fingerprint density at radius 3 is 2.03 bits per heavy atom. The van der Waals surface area contributed by atoms with Gasteiger partial charge in [0.05, 0.1) is 11.1 Å². The molecule has 1 heterocycles. The summed E-state index contributed by atoms with van der Waals surface area (Å²) < 4.78 is 0. The lowest BCUT2D eigenvalue weighted by molar-refractivity contribution is 0.0654. The number of halogens is 2. The van der Waals surface area contributed by atoms with Crippen molar-refractivity contribution < 1.29 is 14.4 Å². The first kappa shape index (κ1) is 22.1. The molecule has 4 rings (SSSR count). The number of benzene rings is 3. The van der Waals surface area contributed by atoms with Crippen LogP contribution in [0.4, 0.5) is 5.69 Å². The Labute approximate surface area is 196 Å². The van der Waals surface area contributed by atoms with Gasteiger partial charge in [0.2, 0.25) is 0 Å². The summed E-state index contributed by atoms with van der Waals surface area (Å²) >= 11 is 12.2. The molecule has 1 aliphatic rings. The van der Waals surface area contributed by atoms with Crippen molar-refractivity contribution in [3.63, 3.8) is 0 Å². The van der Waals surface area contributed by atoms with E-state index >= 15 is 0 Å². The molecule has 0 fully saturated rings. The fourth-order valence-electron chi connectivity index (χ4n) is 3.91. The Morgan fingerprint density at radius 1 is 0.875 bits per heavy atom. The standard InChI is InChI=1S/C25H20Cl2N2O3/c1-15-7-8-22(16(2)11-15)28(23(30)17-12-18(26)14-19(27)13-17)9-10-29-24(31)20-5-3-4-6-21(20)25(29)32/h3-8,11-14H,9-10H2,1-2H3. The van der Waals surface area contributed by atoms with Crippen molar-refractivity contribution in [1.82, 2.24) is 4.90 Å². The Morgan fingerprint density at radius 2 is 1.47 bits per heavy atom. The third-order valence-electron chi connectivity index (χ3n) is 5.42. The summed E-state index contributed by atoms with van der Waals surface area (Å²) in [4.78, 5) is 41.8. The highest BCUT2D eigenvalue weighted by atomic mass is 35.5. The zero-order chi connectivity index (χ0) is 23.0. The van der Waals surface area contributed by atoms with Crippen LogP contribution in [-0.2, 0) is 0 Å². The fraction of sp³-hybridized carbons (Fsp3) is 0.160. The molecular weight excluding hydrogens is 447 g/mol. The predicted octanol–water partition coefficient (Wildman–Crippen LogP) is 5.55. The van der Waals surface area contributed by atoms with Crippen LogP contribution in [0.2, 0.25) is 10.0 Å². The second-order valence-corrected chi connectivity index (χ2v) is 8.59. The van der Waals surface area contributed by atoms with Crippen LogP contribution < -0.4 is 4.90 Å². The molecule has 7 heteroatoms. The van der Waals surface area contributed by atoms with Crippen LogP contribution in [0.25, 0.3) is 0 Å². The van der Waals surface area contributed by atoms with Crippen molar-refractivity contribution in [3.8, 4) is 0 Å². The van der Waals surface area contributed by atoms with E-state index < -0.39 is 0 Å². The van der Waals surface area contributed by atoms with Gasteiger partial charge in [-0.1, -0.05) is 53.0 Å². The normalized spacial score (nSPS) is 12.8. The summed E-state index contributed by atoms with van der Waals surface area (Å²) in [6.07, 6.45) is 0. The lowest BCUT2D eigenvalue weighted by Crippen LogP contribution is -2.41. The molecule has 3 aromatic rings. The Hall–Kier alpha value is -3.15. The van der Waals surface area contributed by atoms with Crippen LogP contribution in [0, 0.1) is 13.8 Å². The molecule has 0 spiro atoms. The smallest absolute Gasteiger partial charge is 0.261 e. The van der Waals surface area contributed by atoms with Gasteiger partial charge < -0.3 is 4.90 Å². The topological polar surface area (TPSA) is 57.7 Å². The van der Waals surface area contributed by atoms with Crippen molar-refractivity contribution in [2.45, 2.75) is 13.8 Å². The SMILES string of the molecule is Cc1ccc(N(CCN2C(=O)c3ccccc3C2=O)C(=O)c2cc(Cl)cc(Cl)c2)c(C)c1. The van der Waals surface area contributed by atoms with Crippen molar-refractivity contribution in [1.29, 1.82) is 0 Å². The number of fused-ring (bicyclic) bond motifs is 1. The summed E-state index contributed by atoms with van der Waals surface area (Å²) in [5.41, 5.74) is 3.73. The fourth-order valence-corrected chi connectivity index (χ4v) is 4.44. The van der Waals surface area contributed by atoms with E-state index in [2.05, 4.69) is 0 Å². The molecule has 0 saturated heterocycles. The summed E-state index contributed by atoms with van der Waals surface area (Å²) in [5, 5.41) is 0.698. The maximum atomic E-state index is 13.5. The number of nitrogens with zero attached hydrogens (tertiary/aromatic N) is 2. The summed E-state index contributed by atoms with van der Waals surface area (Å²) in [6.45, 7) is 4.06. The number of carbonyl (C=O) groups is 3. The number of imide groups is 1. The molecule has 1 aliphatic heterocycles. The zero-order valence-corrected chi connectivity index (χ0v) is 19.1. The minimum absolute atomic E-state index is 0.0553. The first-order valence-corrected chi connectivity index (χ1v) is 10.8. The van der Waals surface area contributed by atoms with E-state index in [4.69, 9.17) is 23.2 Å². The van der Waals surface area contributed by atoms with Gasteiger partial charge >= 0.3 is 0 Å².